The molecule has 2 heterocycles. The predicted molar refractivity (Wildman–Crippen MR) is 117 cm³/mol. The van der Waals surface area contributed by atoms with Gasteiger partial charge in [-0.25, -0.2) is 0 Å². The number of ether oxygens (including phenoxy) is 1. The van der Waals surface area contributed by atoms with Gasteiger partial charge < -0.3 is 19.9 Å². The van der Waals surface area contributed by atoms with Crippen molar-refractivity contribution in [1.82, 2.24) is 15.1 Å². The number of amides is 2. The second kappa shape index (κ2) is 9.69. The van der Waals surface area contributed by atoms with Crippen molar-refractivity contribution in [3.8, 4) is 0 Å². The molecule has 1 fully saturated rings. The van der Waals surface area contributed by atoms with Crippen LogP contribution in [0.1, 0.15) is 41.6 Å². The molecule has 1 saturated heterocycles. The fourth-order valence-corrected chi connectivity index (χ4v) is 4.73. The van der Waals surface area contributed by atoms with E-state index in [1.165, 1.54) is 11.3 Å². The number of hydrogen-bond donors (Lipinski definition) is 1. The molecule has 7 heteroatoms. The smallest absolute Gasteiger partial charge is 0.261 e. The van der Waals surface area contributed by atoms with Gasteiger partial charge in [0.15, 0.2) is 0 Å². The maximum atomic E-state index is 13.0. The normalized spacial score (nSPS) is 17.3. The zero-order valence-electron chi connectivity index (χ0n) is 17.7. The molecule has 1 aliphatic heterocycles. The quantitative estimate of drug-likeness (QED) is 0.752. The Bertz CT molecular complexity index is 862. The van der Waals surface area contributed by atoms with Gasteiger partial charge in [-0.1, -0.05) is 32.0 Å². The van der Waals surface area contributed by atoms with Gasteiger partial charge in [0.05, 0.1) is 18.0 Å². The van der Waals surface area contributed by atoms with Crippen molar-refractivity contribution in [1.29, 1.82) is 0 Å². The molecule has 0 spiro atoms. The lowest BCUT2D eigenvalue weighted by Crippen LogP contribution is -2.43. The van der Waals surface area contributed by atoms with Gasteiger partial charge >= 0.3 is 0 Å². The van der Waals surface area contributed by atoms with Gasteiger partial charge in [-0.05, 0) is 31.5 Å². The van der Waals surface area contributed by atoms with Crippen molar-refractivity contribution in [2.75, 3.05) is 46.9 Å². The van der Waals surface area contributed by atoms with E-state index >= 15 is 0 Å². The molecule has 158 valence electrons. The van der Waals surface area contributed by atoms with Crippen molar-refractivity contribution in [3.05, 3.63) is 34.7 Å². The van der Waals surface area contributed by atoms with Gasteiger partial charge in [0.1, 0.15) is 6.10 Å². The molecule has 0 radical (unpaired) electrons. The number of nitrogens with one attached hydrogen (secondary N) is 1. The molecule has 1 aromatic heterocycles. The molecule has 0 bridgehead atoms. The Morgan fingerprint density at radius 2 is 2.07 bits per heavy atom. The van der Waals surface area contributed by atoms with Crippen LogP contribution in [0, 0.1) is 5.92 Å². The lowest BCUT2D eigenvalue weighted by Gasteiger charge is -2.34. The van der Waals surface area contributed by atoms with E-state index in [0.29, 0.717) is 43.5 Å². The number of likely N-dealkylation sites (N-methyl/N-ethyl adjacent to an activating group) is 1. The summed E-state index contributed by atoms with van der Waals surface area (Å²) in [4.78, 5) is 30.2. The molecule has 3 rings (SSSR count). The predicted octanol–water partition coefficient (Wildman–Crippen LogP) is 3.14. The number of fused-ring (bicyclic) bond motifs is 1. The van der Waals surface area contributed by atoms with Gasteiger partial charge in [0.25, 0.3) is 5.91 Å². The molecule has 0 aliphatic carbocycles. The molecule has 1 atom stereocenters. The minimum absolute atomic E-state index is 0.0720. The highest BCUT2D eigenvalue weighted by Gasteiger charge is 2.31. The van der Waals surface area contributed by atoms with Gasteiger partial charge in [0.2, 0.25) is 5.91 Å². The fraction of sp³-hybridized carbons (Fsp3) is 0.545. The second-order valence-corrected chi connectivity index (χ2v) is 9.25. The summed E-state index contributed by atoms with van der Waals surface area (Å²) in [6.07, 6.45) is 0.250. The molecular weight excluding hydrogens is 386 g/mol. The third-order valence-electron chi connectivity index (χ3n) is 5.01. The lowest BCUT2D eigenvalue weighted by atomic mass is 10.0. The number of rotatable bonds is 7. The first-order chi connectivity index (χ1) is 13.9. The number of nitrogens with zero attached hydrogens (tertiary/aromatic N) is 2. The van der Waals surface area contributed by atoms with Gasteiger partial charge in [0, 0.05) is 36.3 Å². The maximum Gasteiger partial charge on any atom is 0.261 e. The Morgan fingerprint density at radius 3 is 2.79 bits per heavy atom. The van der Waals surface area contributed by atoms with Gasteiger partial charge in [-0.15, -0.1) is 11.3 Å². The molecule has 29 heavy (non-hydrogen) atoms. The minimum atomic E-state index is -0.286. The van der Waals surface area contributed by atoms with Crippen LogP contribution >= 0.6 is 11.3 Å². The van der Waals surface area contributed by atoms with Crippen molar-refractivity contribution in [2.45, 2.75) is 26.4 Å². The first kappa shape index (κ1) is 21.7. The van der Waals surface area contributed by atoms with Crippen LogP contribution in [0.15, 0.2) is 24.3 Å². The van der Waals surface area contributed by atoms with E-state index in [4.69, 9.17) is 4.74 Å². The van der Waals surface area contributed by atoms with Crippen LogP contribution in [0.4, 0.5) is 0 Å². The SMILES string of the molecule is CC(C)CC(=O)N1CCO[C@@H](c2c(C(=O)NCCN(C)C)sc3ccccc23)C1. The van der Waals surface area contributed by atoms with Gasteiger partial charge in [-0.3, -0.25) is 9.59 Å². The van der Waals surface area contributed by atoms with E-state index in [2.05, 4.69) is 19.2 Å². The number of carbonyl (C=O) groups is 2. The Balaban J connectivity index is 1.87. The fourth-order valence-electron chi connectivity index (χ4n) is 3.56. The number of morpholine rings is 1. The molecule has 2 aromatic rings. The van der Waals surface area contributed by atoms with Crippen LogP contribution in [0.5, 0.6) is 0 Å². The topological polar surface area (TPSA) is 61.9 Å². The average molecular weight is 418 g/mol. The number of hydrogen-bond acceptors (Lipinski definition) is 5. The molecule has 1 N–H and O–H groups in total. The minimum Gasteiger partial charge on any atom is -0.370 e. The summed E-state index contributed by atoms with van der Waals surface area (Å²) in [5, 5.41) is 4.06. The van der Waals surface area contributed by atoms with Gasteiger partial charge in [-0.2, -0.15) is 0 Å². The number of thiophene rings is 1. The van der Waals surface area contributed by atoms with Crippen molar-refractivity contribution >= 4 is 33.2 Å². The van der Waals surface area contributed by atoms with E-state index < -0.39 is 0 Å². The zero-order chi connectivity index (χ0) is 21.0. The summed E-state index contributed by atoms with van der Waals surface area (Å²) in [5.74, 6) is 0.408. The van der Waals surface area contributed by atoms with Crippen LogP contribution in [0.25, 0.3) is 10.1 Å². The van der Waals surface area contributed by atoms with E-state index in [-0.39, 0.29) is 17.9 Å². The molecule has 0 saturated carbocycles. The van der Waals surface area contributed by atoms with Crippen LogP contribution in [-0.2, 0) is 9.53 Å². The average Bonchev–Trinajstić information content (AvgIpc) is 3.07. The summed E-state index contributed by atoms with van der Waals surface area (Å²) >= 11 is 1.50. The van der Waals surface area contributed by atoms with E-state index in [9.17, 15) is 9.59 Å². The van der Waals surface area contributed by atoms with E-state index in [0.717, 1.165) is 22.2 Å². The van der Waals surface area contributed by atoms with E-state index in [1.54, 1.807) is 0 Å². The van der Waals surface area contributed by atoms with Crippen LogP contribution < -0.4 is 5.32 Å². The number of carbonyl (C=O) groups excluding carboxylic acids is 2. The Kier molecular flexibility index (Phi) is 7.27. The number of benzene rings is 1. The highest BCUT2D eigenvalue weighted by atomic mass is 32.1. The third kappa shape index (κ3) is 5.35. The molecule has 1 aliphatic rings. The van der Waals surface area contributed by atoms with Crippen LogP contribution in [0.3, 0.4) is 0 Å². The first-order valence-electron chi connectivity index (χ1n) is 10.2. The Morgan fingerprint density at radius 1 is 1.31 bits per heavy atom. The van der Waals surface area contributed by atoms with Crippen molar-refractivity contribution in [3.63, 3.8) is 0 Å². The first-order valence-corrected chi connectivity index (χ1v) is 11.0. The molecule has 1 aromatic carbocycles. The molecule has 0 unspecified atom stereocenters. The third-order valence-corrected chi connectivity index (χ3v) is 6.19. The zero-order valence-corrected chi connectivity index (χ0v) is 18.6. The van der Waals surface area contributed by atoms with Crippen molar-refractivity contribution < 1.29 is 14.3 Å². The standard InChI is InChI=1S/C22H31N3O3S/c1-15(2)13-19(26)25-11-12-28-17(14-25)20-16-7-5-6-8-18(16)29-21(20)22(27)23-9-10-24(3)4/h5-8,15,17H,9-14H2,1-4H3,(H,23,27)/t17-/m1/s1. The Labute approximate surface area is 176 Å². The highest BCUT2D eigenvalue weighted by molar-refractivity contribution is 7.21. The monoisotopic (exact) mass is 417 g/mol. The van der Waals surface area contributed by atoms with E-state index in [1.807, 2.05) is 48.2 Å². The second-order valence-electron chi connectivity index (χ2n) is 8.20. The lowest BCUT2D eigenvalue weighted by molar-refractivity contribution is -0.139. The Hall–Kier alpha value is -1.96. The van der Waals surface area contributed by atoms with Crippen molar-refractivity contribution in [2.24, 2.45) is 5.92 Å². The van der Waals surface area contributed by atoms with Crippen LogP contribution in [-0.4, -0.2) is 68.5 Å². The molecular formula is C22H31N3O3S. The largest absolute Gasteiger partial charge is 0.370 e. The summed E-state index contributed by atoms with van der Waals surface area (Å²) in [5.41, 5.74) is 0.912. The summed E-state index contributed by atoms with van der Waals surface area (Å²) in [7, 11) is 3.96. The molecule has 2 amide bonds. The van der Waals surface area contributed by atoms with Crippen LogP contribution in [0.2, 0.25) is 0 Å². The summed E-state index contributed by atoms with van der Waals surface area (Å²) in [6, 6.07) is 8.04. The highest BCUT2D eigenvalue weighted by Crippen LogP contribution is 2.38. The summed E-state index contributed by atoms with van der Waals surface area (Å²) in [6.45, 7) is 7.06. The summed E-state index contributed by atoms with van der Waals surface area (Å²) < 4.78 is 7.14. The maximum absolute atomic E-state index is 13.0. The molecule has 6 nitrogen and oxygen atoms in total.